The number of nitrogens with one attached hydrogen (secondary N) is 1. The molecule has 1 heterocycles. The lowest BCUT2D eigenvalue weighted by Crippen LogP contribution is -2.48. The summed E-state index contributed by atoms with van der Waals surface area (Å²) in [6.45, 7) is 7.63. The predicted octanol–water partition coefficient (Wildman–Crippen LogP) is 4.19. The third-order valence-electron chi connectivity index (χ3n) is 5.51. The lowest BCUT2D eigenvalue weighted by atomic mass is 10.2. The molecule has 0 unspecified atom stereocenters. The molecule has 1 N–H and O–H groups in total. The van der Waals surface area contributed by atoms with E-state index in [4.69, 9.17) is 9.47 Å². The van der Waals surface area contributed by atoms with Crippen LogP contribution >= 0.6 is 0 Å². The summed E-state index contributed by atoms with van der Waals surface area (Å²) in [5.41, 5.74) is 2.67. The minimum Gasteiger partial charge on any atom is -0.493 e. The van der Waals surface area contributed by atoms with Crippen molar-refractivity contribution in [2.45, 2.75) is 26.7 Å². The molecule has 7 heteroatoms. The Morgan fingerprint density at radius 2 is 1.73 bits per heavy atom. The third-order valence-corrected chi connectivity index (χ3v) is 5.51. The second-order valence-electron chi connectivity index (χ2n) is 7.83. The zero-order valence-electron chi connectivity index (χ0n) is 19.7. The molecule has 0 aliphatic carbocycles. The molecule has 2 amide bonds. The average molecular weight is 452 g/mol. The van der Waals surface area contributed by atoms with Crippen molar-refractivity contribution in [3.63, 3.8) is 0 Å². The van der Waals surface area contributed by atoms with E-state index in [9.17, 15) is 9.59 Å². The molecule has 1 aliphatic heterocycles. The zero-order chi connectivity index (χ0) is 23.6. The Morgan fingerprint density at radius 1 is 1.00 bits per heavy atom. The quantitative estimate of drug-likeness (QED) is 0.579. The van der Waals surface area contributed by atoms with Crippen molar-refractivity contribution in [3.8, 4) is 11.5 Å². The maximum absolute atomic E-state index is 12.3. The van der Waals surface area contributed by atoms with Gasteiger partial charge in [0, 0.05) is 50.1 Å². The van der Waals surface area contributed by atoms with Gasteiger partial charge in [-0.25, -0.2) is 0 Å². The Kier molecular flexibility index (Phi) is 8.75. The zero-order valence-corrected chi connectivity index (χ0v) is 19.7. The molecule has 7 nitrogen and oxygen atoms in total. The molecule has 0 atom stereocenters. The fourth-order valence-electron chi connectivity index (χ4n) is 3.76. The summed E-state index contributed by atoms with van der Waals surface area (Å²) in [7, 11) is 1.59. The van der Waals surface area contributed by atoms with Crippen LogP contribution in [0, 0.1) is 0 Å². The largest absolute Gasteiger partial charge is 0.493 e. The van der Waals surface area contributed by atoms with Gasteiger partial charge in [-0.1, -0.05) is 13.0 Å². The van der Waals surface area contributed by atoms with Gasteiger partial charge in [0.2, 0.25) is 11.8 Å². The molecule has 0 saturated carbocycles. The van der Waals surface area contributed by atoms with Crippen LogP contribution in [-0.2, 0) is 9.59 Å². The van der Waals surface area contributed by atoms with E-state index in [1.807, 2.05) is 61.2 Å². The van der Waals surface area contributed by atoms with Crippen molar-refractivity contribution in [1.82, 2.24) is 4.90 Å². The van der Waals surface area contributed by atoms with Crippen LogP contribution < -0.4 is 19.7 Å². The number of ether oxygens (including phenoxy) is 2. The summed E-state index contributed by atoms with van der Waals surface area (Å²) < 4.78 is 10.9. The second-order valence-corrected chi connectivity index (χ2v) is 7.83. The first-order valence-corrected chi connectivity index (χ1v) is 11.5. The monoisotopic (exact) mass is 451 g/mol. The minimum atomic E-state index is -0.210. The van der Waals surface area contributed by atoms with E-state index < -0.39 is 0 Å². The molecule has 2 aromatic carbocycles. The fraction of sp³-hybridized carbons (Fsp3) is 0.385. The molecule has 1 saturated heterocycles. The summed E-state index contributed by atoms with van der Waals surface area (Å²) in [6, 6.07) is 13.3. The van der Waals surface area contributed by atoms with E-state index >= 15 is 0 Å². The average Bonchev–Trinajstić information content (AvgIpc) is 2.84. The van der Waals surface area contributed by atoms with Gasteiger partial charge in [0.05, 0.1) is 13.7 Å². The molecule has 0 spiro atoms. The van der Waals surface area contributed by atoms with Crippen LogP contribution in [0.4, 0.5) is 11.4 Å². The Bertz CT molecular complexity index is 964. The van der Waals surface area contributed by atoms with Gasteiger partial charge in [-0.15, -0.1) is 0 Å². The number of carbonyl (C=O) groups is 2. The molecule has 1 aliphatic rings. The van der Waals surface area contributed by atoms with E-state index in [2.05, 4.69) is 10.2 Å². The van der Waals surface area contributed by atoms with E-state index in [0.717, 1.165) is 49.5 Å². The number of benzene rings is 2. The molecule has 1 fully saturated rings. The van der Waals surface area contributed by atoms with Crippen LogP contribution in [0.15, 0.2) is 48.5 Å². The highest BCUT2D eigenvalue weighted by Gasteiger charge is 2.20. The number of piperazine rings is 1. The van der Waals surface area contributed by atoms with E-state index in [1.54, 1.807) is 13.2 Å². The first kappa shape index (κ1) is 24.2. The number of hydrogen-bond acceptors (Lipinski definition) is 5. The van der Waals surface area contributed by atoms with E-state index in [-0.39, 0.29) is 11.8 Å². The highest BCUT2D eigenvalue weighted by molar-refractivity contribution is 6.02. The van der Waals surface area contributed by atoms with Crippen LogP contribution in [-0.4, -0.2) is 56.6 Å². The first-order valence-electron chi connectivity index (χ1n) is 11.5. The Hall–Kier alpha value is -3.48. The number of methoxy groups -OCH3 is 1. The van der Waals surface area contributed by atoms with Gasteiger partial charge in [0.15, 0.2) is 11.5 Å². The lowest BCUT2D eigenvalue weighted by Gasteiger charge is -2.36. The highest BCUT2D eigenvalue weighted by Crippen LogP contribution is 2.28. The van der Waals surface area contributed by atoms with E-state index in [0.29, 0.717) is 24.5 Å². The van der Waals surface area contributed by atoms with Crippen LogP contribution in [0.25, 0.3) is 6.08 Å². The van der Waals surface area contributed by atoms with Crippen molar-refractivity contribution in [2.24, 2.45) is 0 Å². The van der Waals surface area contributed by atoms with Crippen molar-refractivity contribution in [3.05, 3.63) is 54.1 Å². The van der Waals surface area contributed by atoms with Gasteiger partial charge in [-0.2, -0.15) is 0 Å². The fourth-order valence-corrected chi connectivity index (χ4v) is 3.76. The van der Waals surface area contributed by atoms with Crippen molar-refractivity contribution >= 4 is 29.3 Å². The number of nitrogens with zero attached hydrogens (tertiary/aromatic N) is 2. The van der Waals surface area contributed by atoms with Gasteiger partial charge in [0.25, 0.3) is 0 Å². The second kappa shape index (κ2) is 11.9. The maximum atomic E-state index is 12.3. The molecular weight excluding hydrogens is 418 g/mol. The Labute approximate surface area is 196 Å². The van der Waals surface area contributed by atoms with Gasteiger partial charge in [0.1, 0.15) is 0 Å². The molecule has 3 rings (SSSR count). The van der Waals surface area contributed by atoms with Gasteiger partial charge >= 0.3 is 0 Å². The van der Waals surface area contributed by atoms with Gasteiger partial charge in [-0.05, 0) is 61.4 Å². The number of anilines is 2. The minimum absolute atomic E-state index is 0.210. The van der Waals surface area contributed by atoms with Crippen molar-refractivity contribution in [2.75, 3.05) is 50.1 Å². The molecule has 0 radical (unpaired) electrons. The van der Waals surface area contributed by atoms with Gasteiger partial charge < -0.3 is 24.6 Å². The van der Waals surface area contributed by atoms with Crippen LogP contribution in [0.3, 0.4) is 0 Å². The van der Waals surface area contributed by atoms with Crippen LogP contribution in [0.1, 0.15) is 32.3 Å². The third kappa shape index (κ3) is 6.75. The molecule has 0 aromatic heterocycles. The van der Waals surface area contributed by atoms with Crippen molar-refractivity contribution < 1.29 is 19.1 Å². The number of carbonyl (C=O) groups excluding carboxylic acids is 2. The Morgan fingerprint density at radius 3 is 2.36 bits per heavy atom. The molecule has 2 aromatic rings. The normalized spacial score (nSPS) is 13.8. The predicted molar refractivity (Wildman–Crippen MR) is 132 cm³/mol. The topological polar surface area (TPSA) is 71.1 Å². The summed E-state index contributed by atoms with van der Waals surface area (Å²) in [5, 5.41) is 2.89. The lowest BCUT2D eigenvalue weighted by molar-refractivity contribution is -0.131. The number of amides is 2. The van der Waals surface area contributed by atoms with E-state index in [1.165, 1.54) is 6.08 Å². The maximum Gasteiger partial charge on any atom is 0.248 e. The highest BCUT2D eigenvalue weighted by atomic mass is 16.5. The summed E-state index contributed by atoms with van der Waals surface area (Å²) in [5.74, 6) is 1.34. The van der Waals surface area contributed by atoms with Crippen LogP contribution in [0.5, 0.6) is 11.5 Å². The Balaban J connectivity index is 1.53. The SMILES string of the molecule is CCCC(=O)N1CCN(c2ccc(NC(=O)/C=C/c3ccc(OCC)c(OC)c3)cc2)CC1. The summed E-state index contributed by atoms with van der Waals surface area (Å²) in [4.78, 5) is 28.6. The molecule has 176 valence electrons. The summed E-state index contributed by atoms with van der Waals surface area (Å²) in [6.07, 6.45) is 4.74. The first-order chi connectivity index (χ1) is 16.0. The summed E-state index contributed by atoms with van der Waals surface area (Å²) >= 11 is 0. The van der Waals surface area contributed by atoms with Crippen LogP contribution in [0.2, 0.25) is 0 Å². The molecule has 33 heavy (non-hydrogen) atoms. The number of hydrogen-bond donors (Lipinski definition) is 1. The molecule has 0 bridgehead atoms. The van der Waals surface area contributed by atoms with Crippen molar-refractivity contribution in [1.29, 1.82) is 0 Å². The molecular formula is C26H33N3O4. The smallest absolute Gasteiger partial charge is 0.248 e. The number of rotatable bonds is 9. The standard InChI is InChI=1S/C26H33N3O4/c1-4-6-26(31)29-17-15-28(16-18-29)22-11-9-21(10-12-22)27-25(30)14-8-20-7-13-23(33-5-2)24(19-20)32-3/h7-14,19H,4-6,15-18H2,1-3H3,(H,27,30)/b14-8+. The van der Waals surface area contributed by atoms with Gasteiger partial charge in [-0.3, -0.25) is 9.59 Å².